The van der Waals surface area contributed by atoms with Crippen LogP contribution in [0.15, 0.2) is 42.6 Å². The number of aromatic hydroxyl groups is 1. The summed E-state index contributed by atoms with van der Waals surface area (Å²) in [6.45, 7) is 0. The first-order valence-corrected chi connectivity index (χ1v) is 5.89. The number of nitrogens with zero attached hydrogens (tertiary/aromatic N) is 2. The van der Waals surface area contributed by atoms with Crippen LogP contribution in [-0.2, 0) is 12.8 Å². The molecule has 0 unspecified atom stereocenters. The first-order chi connectivity index (χ1) is 8.81. The molecule has 90 valence electrons. The normalized spacial score (nSPS) is 10.9. The van der Waals surface area contributed by atoms with E-state index in [1.807, 2.05) is 24.3 Å². The molecule has 0 spiro atoms. The monoisotopic (exact) mass is 239 g/mol. The van der Waals surface area contributed by atoms with E-state index in [9.17, 15) is 5.11 Å². The number of aryl methyl sites for hydroxylation is 2. The summed E-state index contributed by atoms with van der Waals surface area (Å²) in [5, 5.41) is 9.39. The lowest BCUT2D eigenvalue weighted by molar-refractivity contribution is 0.474. The Morgan fingerprint density at radius 1 is 1.11 bits per heavy atom. The fourth-order valence-corrected chi connectivity index (χ4v) is 1.99. The quantitative estimate of drug-likeness (QED) is 0.738. The standard InChI is InChI=1S/C14H13N3O/c18-11-4-1-3-10(9-11)6-7-13-16-12-5-2-8-15-14(12)17-13/h1-5,8-9,18H,6-7H2,(H,15,16,17). The minimum absolute atomic E-state index is 0.304. The Labute approximate surface area is 104 Å². The van der Waals surface area contributed by atoms with Crippen LogP contribution < -0.4 is 0 Å². The highest BCUT2D eigenvalue weighted by Gasteiger charge is 2.03. The second kappa shape index (κ2) is 4.49. The summed E-state index contributed by atoms with van der Waals surface area (Å²) in [4.78, 5) is 11.9. The van der Waals surface area contributed by atoms with Crippen molar-refractivity contribution in [2.24, 2.45) is 0 Å². The number of aromatic amines is 1. The largest absolute Gasteiger partial charge is 0.508 e. The van der Waals surface area contributed by atoms with E-state index in [-0.39, 0.29) is 0 Å². The van der Waals surface area contributed by atoms with Crippen LogP contribution >= 0.6 is 0 Å². The van der Waals surface area contributed by atoms with Gasteiger partial charge in [0.15, 0.2) is 5.65 Å². The van der Waals surface area contributed by atoms with E-state index in [1.165, 1.54) is 0 Å². The number of phenolic OH excluding ortho intramolecular Hbond substituents is 1. The third kappa shape index (κ3) is 2.18. The number of rotatable bonds is 3. The number of pyridine rings is 1. The van der Waals surface area contributed by atoms with Gasteiger partial charge in [-0.2, -0.15) is 0 Å². The molecule has 2 heterocycles. The highest BCUT2D eigenvalue weighted by atomic mass is 16.3. The first kappa shape index (κ1) is 10.8. The molecule has 0 bridgehead atoms. The number of hydrogen-bond donors (Lipinski definition) is 2. The Balaban J connectivity index is 1.76. The highest BCUT2D eigenvalue weighted by molar-refractivity contribution is 5.69. The number of benzene rings is 1. The van der Waals surface area contributed by atoms with Crippen LogP contribution in [0.25, 0.3) is 11.2 Å². The van der Waals surface area contributed by atoms with Crippen LogP contribution in [0.5, 0.6) is 5.75 Å². The lowest BCUT2D eigenvalue weighted by Crippen LogP contribution is -1.93. The smallest absolute Gasteiger partial charge is 0.177 e. The molecule has 18 heavy (non-hydrogen) atoms. The minimum atomic E-state index is 0.304. The number of aromatic nitrogens is 3. The van der Waals surface area contributed by atoms with Gasteiger partial charge in [-0.3, -0.25) is 0 Å². The maximum atomic E-state index is 9.39. The number of H-pyrrole nitrogens is 1. The number of phenols is 1. The van der Waals surface area contributed by atoms with Gasteiger partial charge >= 0.3 is 0 Å². The van der Waals surface area contributed by atoms with E-state index >= 15 is 0 Å². The average molecular weight is 239 g/mol. The van der Waals surface area contributed by atoms with Crippen LogP contribution in [0.1, 0.15) is 11.4 Å². The fourth-order valence-electron chi connectivity index (χ4n) is 1.99. The third-order valence-corrected chi connectivity index (χ3v) is 2.87. The Hall–Kier alpha value is -2.36. The molecule has 2 N–H and O–H groups in total. The van der Waals surface area contributed by atoms with Gasteiger partial charge in [0.2, 0.25) is 0 Å². The molecular weight excluding hydrogens is 226 g/mol. The van der Waals surface area contributed by atoms with Crippen molar-refractivity contribution in [1.29, 1.82) is 0 Å². The van der Waals surface area contributed by atoms with Crippen LogP contribution in [-0.4, -0.2) is 20.1 Å². The zero-order valence-corrected chi connectivity index (χ0v) is 9.80. The lowest BCUT2D eigenvalue weighted by Gasteiger charge is -1.99. The van der Waals surface area contributed by atoms with Crippen molar-refractivity contribution in [2.75, 3.05) is 0 Å². The zero-order valence-electron chi connectivity index (χ0n) is 9.80. The summed E-state index contributed by atoms with van der Waals surface area (Å²) in [6.07, 6.45) is 3.39. The second-order valence-electron chi connectivity index (χ2n) is 4.23. The summed E-state index contributed by atoms with van der Waals surface area (Å²) < 4.78 is 0. The topological polar surface area (TPSA) is 61.8 Å². The zero-order chi connectivity index (χ0) is 12.4. The maximum absolute atomic E-state index is 9.39. The van der Waals surface area contributed by atoms with Crippen LogP contribution in [0.4, 0.5) is 0 Å². The van der Waals surface area contributed by atoms with Crippen LogP contribution in [0.3, 0.4) is 0 Å². The summed E-state index contributed by atoms with van der Waals surface area (Å²) in [7, 11) is 0. The molecular formula is C14H13N3O. The van der Waals surface area contributed by atoms with Crippen molar-refractivity contribution in [3.05, 3.63) is 54.0 Å². The molecule has 4 nitrogen and oxygen atoms in total. The summed E-state index contributed by atoms with van der Waals surface area (Å²) in [5.74, 6) is 1.23. The van der Waals surface area contributed by atoms with Gasteiger partial charge in [-0.25, -0.2) is 9.97 Å². The molecule has 0 aliphatic carbocycles. The van der Waals surface area contributed by atoms with Gasteiger partial charge in [-0.15, -0.1) is 0 Å². The fraction of sp³-hybridized carbons (Fsp3) is 0.143. The molecule has 0 aliphatic rings. The highest BCUT2D eigenvalue weighted by Crippen LogP contribution is 2.14. The number of nitrogens with one attached hydrogen (secondary N) is 1. The van der Waals surface area contributed by atoms with Gasteiger partial charge < -0.3 is 10.1 Å². The Morgan fingerprint density at radius 3 is 2.89 bits per heavy atom. The van der Waals surface area contributed by atoms with Crippen molar-refractivity contribution in [3.8, 4) is 5.75 Å². The van der Waals surface area contributed by atoms with Gasteiger partial charge in [0.25, 0.3) is 0 Å². The Bertz CT molecular complexity index is 642. The minimum Gasteiger partial charge on any atom is -0.508 e. The SMILES string of the molecule is Oc1cccc(CCc2nc3ncccc3[nH]2)c1. The molecule has 1 aromatic carbocycles. The summed E-state index contributed by atoms with van der Waals surface area (Å²) in [6, 6.07) is 11.2. The molecule has 2 aromatic heterocycles. The van der Waals surface area contributed by atoms with Crippen molar-refractivity contribution < 1.29 is 5.11 Å². The van der Waals surface area contributed by atoms with Crippen molar-refractivity contribution >= 4 is 11.2 Å². The molecule has 3 aromatic rings. The molecule has 0 saturated heterocycles. The van der Waals surface area contributed by atoms with Crippen molar-refractivity contribution in [2.45, 2.75) is 12.8 Å². The molecule has 0 saturated carbocycles. The summed E-state index contributed by atoms with van der Waals surface area (Å²) >= 11 is 0. The van der Waals surface area contributed by atoms with Crippen LogP contribution in [0, 0.1) is 0 Å². The van der Waals surface area contributed by atoms with Gasteiger partial charge in [-0.05, 0) is 36.2 Å². The molecule has 0 amide bonds. The number of hydrogen-bond acceptors (Lipinski definition) is 3. The van der Waals surface area contributed by atoms with E-state index in [0.29, 0.717) is 5.75 Å². The maximum Gasteiger partial charge on any atom is 0.177 e. The van der Waals surface area contributed by atoms with E-state index in [1.54, 1.807) is 18.3 Å². The first-order valence-electron chi connectivity index (χ1n) is 5.89. The average Bonchev–Trinajstić information content (AvgIpc) is 2.79. The summed E-state index contributed by atoms with van der Waals surface area (Å²) in [5.41, 5.74) is 2.82. The van der Waals surface area contributed by atoms with Gasteiger partial charge in [-0.1, -0.05) is 12.1 Å². The Morgan fingerprint density at radius 2 is 2.06 bits per heavy atom. The van der Waals surface area contributed by atoms with E-state index in [0.717, 1.165) is 35.4 Å². The molecule has 3 rings (SSSR count). The third-order valence-electron chi connectivity index (χ3n) is 2.87. The predicted octanol–water partition coefficient (Wildman–Crippen LogP) is 2.45. The lowest BCUT2D eigenvalue weighted by atomic mass is 10.1. The predicted molar refractivity (Wildman–Crippen MR) is 69.4 cm³/mol. The molecule has 0 atom stereocenters. The molecule has 0 fully saturated rings. The van der Waals surface area contributed by atoms with E-state index in [4.69, 9.17) is 0 Å². The number of imidazole rings is 1. The molecule has 4 heteroatoms. The van der Waals surface area contributed by atoms with E-state index in [2.05, 4.69) is 15.0 Å². The van der Waals surface area contributed by atoms with Gasteiger partial charge in [0.05, 0.1) is 5.52 Å². The second-order valence-corrected chi connectivity index (χ2v) is 4.23. The molecule has 0 aliphatic heterocycles. The van der Waals surface area contributed by atoms with Gasteiger partial charge in [0, 0.05) is 12.6 Å². The molecule has 0 radical (unpaired) electrons. The van der Waals surface area contributed by atoms with Gasteiger partial charge in [0.1, 0.15) is 11.6 Å². The van der Waals surface area contributed by atoms with Crippen molar-refractivity contribution in [1.82, 2.24) is 15.0 Å². The van der Waals surface area contributed by atoms with E-state index < -0.39 is 0 Å². The number of fused-ring (bicyclic) bond motifs is 1. The van der Waals surface area contributed by atoms with Crippen LogP contribution in [0.2, 0.25) is 0 Å². The Kier molecular flexibility index (Phi) is 2.68. The van der Waals surface area contributed by atoms with Crippen molar-refractivity contribution in [3.63, 3.8) is 0 Å².